The van der Waals surface area contributed by atoms with Gasteiger partial charge >= 0.3 is 5.97 Å². The number of hydrogen-bond acceptors (Lipinski definition) is 5. The van der Waals surface area contributed by atoms with Crippen LogP contribution >= 0.6 is 11.3 Å². The van der Waals surface area contributed by atoms with Crippen LogP contribution in [0.4, 0.5) is 0 Å². The van der Waals surface area contributed by atoms with Crippen LogP contribution in [0, 0.1) is 0 Å². The van der Waals surface area contributed by atoms with Crippen molar-refractivity contribution < 1.29 is 14.3 Å². The number of carbonyl (C=O) groups excluding carboxylic acids is 2. The summed E-state index contributed by atoms with van der Waals surface area (Å²) in [6.07, 6.45) is 2.90. The fourth-order valence-electron chi connectivity index (χ4n) is 3.32. The second kappa shape index (κ2) is 6.93. The number of Topliss-reactive ketones (excluding diaryl/α,β-unsaturated/α-hetero) is 1. The molecule has 0 fully saturated rings. The van der Waals surface area contributed by atoms with E-state index >= 15 is 0 Å². The smallest absolute Gasteiger partial charge is 0.337 e. The van der Waals surface area contributed by atoms with Gasteiger partial charge in [0.15, 0.2) is 5.78 Å². The molecule has 0 saturated carbocycles. The number of carbonyl (C=O) groups is 2. The Labute approximate surface area is 146 Å². The van der Waals surface area contributed by atoms with Gasteiger partial charge in [-0.2, -0.15) is 0 Å². The molecule has 0 bridgehead atoms. The number of thiophene rings is 1. The molecular weight excluding hydrogens is 322 g/mol. The van der Waals surface area contributed by atoms with E-state index in [1.165, 1.54) is 0 Å². The maximum absolute atomic E-state index is 12.8. The molecule has 3 rings (SSSR count). The summed E-state index contributed by atoms with van der Waals surface area (Å²) in [7, 11) is 0. The summed E-state index contributed by atoms with van der Waals surface area (Å²) in [5.74, 6) is -0.480. The van der Waals surface area contributed by atoms with Gasteiger partial charge in [0.05, 0.1) is 17.6 Å². The van der Waals surface area contributed by atoms with Gasteiger partial charge in [0.25, 0.3) is 0 Å². The zero-order valence-electron chi connectivity index (χ0n) is 14.3. The molecular formula is C19H23NO3S. The lowest BCUT2D eigenvalue weighted by atomic mass is 9.78. The zero-order chi connectivity index (χ0) is 17.3. The molecule has 1 aliphatic carbocycles. The topological polar surface area (TPSA) is 55.4 Å². The summed E-state index contributed by atoms with van der Waals surface area (Å²) >= 11 is 1.58. The van der Waals surface area contributed by atoms with Crippen LogP contribution in [0.2, 0.25) is 0 Å². The summed E-state index contributed by atoms with van der Waals surface area (Å²) in [6.45, 7) is 5.78. The van der Waals surface area contributed by atoms with Gasteiger partial charge in [-0.05, 0) is 44.6 Å². The van der Waals surface area contributed by atoms with E-state index in [1.54, 1.807) is 11.3 Å². The fraction of sp³-hybridized carbons (Fsp3) is 0.474. The number of hydrogen-bond donors (Lipinski definition) is 1. The highest BCUT2D eigenvalue weighted by Gasteiger charge is 2.39. The molecule has 24 heavy (non-hydrogen) atoms. The summed E-state index contributed by atoms with van der Waals surface area (Å²) in [5, 5.41) is 5.29. The number of dihydropyridines is 1. The minimum atomic E-state index is -0.322. The predicted octanol–water partition coefficient (Wildman–Crippen LogP) is 4.06. The lowest BCUT2D eigenvalue weighted by molar-refractivity contribution is -0.143. The number of ketones is 1. The molecule has 0 radical (unpaired) electrons. The zero-order valence-corrected chi connectivity index (χ0v) is 15.2. The van der Waals surface area contributed by atoms with Gasteiger partial charge in [0.1, 0.15) is 0 Å². The highest BCUT2D eigenvalue weighted by Crippen LogP contribution is 2.43. The molecule has 1 aromatic rings. The largest absolute Gasteiger partial charge is 0.459 e. The third-order valence-corrected chi connectivity index (χ3v) is 5.64. The van der Waals surface area contributed by atoms with Crippen molar-refractivity contribution in [2.24, 2.45) is 0 Å². The van der Waals surface area contributed by atoms with Crippen molar-refractivity contribution in [2.75, 3.05) is 0 Å². The Morgan fingerprint density at radius 2 is 2.25 bits per heavy atom. The maximum Gasteiger partial charge on any atom is 0.337 e. The Morgan fingerprint density at radius 1 is 1.46 bits per heavy atom. The Bertz CT molecular complexity index is 715. The first-order valence-corrected chi connectivity index (χ1v) is 9.39. The molecule has 1 N–H and O–H groups in total. The van der Waals surface area contributed by atoms with Gasteiger partial charge in [-0.25, -0.2) is 4.79 Å². The first kappa shape index (κ1) is 17.0. The molecule has 0 amide bonds. The number of nitrogens with one attached hydrogen (secondary N) is 1. The average molecular weight is 345 g/mol. The van der Waals surface area contributed by atoms with Crippen molar-refractivity contribution >= 4 is 23.1 Å². The predicted molar refractivity (Wildman–Crippen MR) is 94.6 cm³/mol. The first-order valence-electron chi connectivity index (χ1n) is 8.51. The van der Waals surface area contributed by atoms with Crippen molar-refractivity contribution in [3.8, 4) is 0 Å². The molecule has 0 aromatic carbocycles. The lowest BCUT2D eigenvalue weighted by Gasteiger charge is -2.33. The van der Waals surface area contributed by atoms with Crippen molar-refractivity contribution in [1.29, 1.82) is 0 Å². The summed E-state index contributed by atoms with van der Waals surface area (Å²) in [6, 6.07) is 3.96. The van der Waals surface area contributed by atoms with Crippen LogP contribution in [-0.4, -0.2) is 17.9 Å². The minimum Gasteiger partial charge on any atom is -0.459 e. The van der Waals surface area contributed by atoms with Gasteiger partial charge in [0.2, 0.25) is 0 Å². The standard InChI is InChI=1S/C19H23NO3S/c1-4-11(2)23-19(22)16-12(3)20-13-7-5-8-14(21)17(13)18(16)15-9-6-10-24-15/h6,9-11,18,20H,4-5,7-8H2,1-3H3. The SMILES string of the molecule is CCC(C)OC(=O)C1=C(C)NC2=C(C(=O)CCC2)C1c1cccs1. The highest BCUT2D eigenvalue weighted by molar-refractivity contribution is 7.10. The molecule has 0 saturated heterocycles. The Morgan fingerprint density at radius 3 is 2.92 bits per heavy atom. The molecule has 2 aliphatic rings. The van der Waals surface area contributed by atoms with Crippen LogP contribution < -0.4 is 5.32 Å². The Kier molecular flexibility index (Phi) is 4.90. The molecule has 2 atom stereocenters. The molecule has 2 heterocycles. The molecule has 1 aliphatic heterocycles. The maximum atomic E-state index is 12.8. The van der Waals surface area contributed by atoms with Gasteiger partial charge in [-0.15, -0.1) is 11.3 Å². The minimum absolute atomic E-state index is 0.140. The fourth-order valence-corrected chi connectivity index (χ4v) is 4.17. The monoisotopic (exact) mass is 345 g/mol. The third-order valence-electron chi connectivity index (χ3n) is 4.71. The van der Waals surface area contributed by atoms with Crippen LogP contribution in [0.5, 0.6) is 0 Å². The second-order valence-electron chi connectivity index (χ2n) is 6.41. The van der Waals surface area contributed by atoms with Crippen LogP contribution in [0.15, 0.2) is 40.1 Å². The van der Waals surface area contributed by atoms with E-state index in [0.29, 0.717) is 12.0 Å². The van der Waals surface area contributed by atoms with Gasteiger partial charge in [-0.3, -0.25) is 4.79 Å². The van der Waals surface area contributed by atoms with Crippen LogP contribution in [-0.2, 0) is 14.3 Å². The number of allylic oxidation sites excluding steroid dienone is 3. The van der Waals surface area contributed by atoms with Crippen molar-refractivity contribution in [2.45, 2.75) is 58.5 Å². The molecule has 0 spiro atoms. The van der Waals surface area contributed by atoms with E-state index in [1.807, 2.05) is 38.3 Å². The Balaban J connectivity index is 2.06. The molecule has 4 nitrogen and oxygen atoms in total. The first-order chi connectivity index (χ1) is 11.5. The third kappa shape index (κ3) is 3.05. The normalized spacial score (nSPS) is 22.1. The van der Waals surface area contributed by atoms with Crippen LogP contribution in [0.1, 0.15) is 57.2 Å². The van der Waals surface area contributed by atoms with E-state index < -0.39 is 0 Å². The van der Waals surface area contributed by atoms with Gasteiger partial charge in [0, 0.05) is 28.3 Å². The average Bonchev–Trinajstić information content (AvgIpc) is 3.07. The van der Waals surface area contributed by atoms with Gasteiger partial charge in [-0.1, -0.05) is 13.0 Å². The summed E-state index contributed by atoms with van der Waals surface area (Å²) < 4.78 is 5.59. The van der Waals surface area contributed by atoms with Gasteiger partial charge < -0.3 is 10.1 Å². The second-order valence-corrected chi connectivity index (χ2v) is 7.38. The number of ether oxygens (including phenoxy) is 1. The molecule has 1 aromatic heterocycles. The Hall–Kier alpha value is -1.88. The van der Waals surface area contributed by atoms with Crippen molar-refractivity contribution in [3.63, 3.8) is 0 Å². The highest BCUT2D eigenvalue weighted by atomic mass is 32.1. The summed E-state index contributed by atoms with van der Waals surface area (Å²) in [4.78, 5) is 26.5. The van der Waals surface area contributed by atoms with E-state index in [2.05, 4.69) is 5.32 Å². The van der Waals surface area contributed by atoms with Crippen molar-refractivity contribution in [1.82, 2.24) is 5.32 Å². The lowest BCUT2D eigenvalue weighted by Crippen LogP contribution is -2.34. The molecule has 2 unspecified atom stereocenters. The molecule has 5 heteroatoms. The van der Waals surface area contributed by atoms with Crippen LogP contribution in [0.3, 0.4) is 0 Å². The quantitative estimate of drug-likeness (QED) is 0.836. The van der Waals surface area contributed by atoms with E-state index in [4.69, 9.17) is 4.74 Å². The van der Waals surface area contributed by atoms with E-state index in [9.17, 15) is 9.59 Å². The van der Waals surface area contributed by atoms with E-state index in [-0.39, 0.29) is 23.8 Å². The van der Waals surface area contributed by atoms with Crippen molar-refractivity contribution in [3.05, 3.63) is 44.9 Å². The van der Waals surface area contributed by atoms with Crippen LogP contribution in [0.25, 0.3) is 0 Å². The number of esters is 1. The number of rotatable bonds is 4. The molecule has 128 valence electrons. The van der Waals surface area contributed by atoms with E-state index in [0.717, 1.165) is 41.1 Å². The summed E-state index contributed by atoms with van der Waals surface area (Å²) in [5.41, 5.74) is 3.11.